The second-order valence-corrected chi connectivity index (χ2v) is 5.04. The molecule has 0 N–H and O–H groups in total. The first-order chi connectivity index (χ1) is 8.19. The van der Waals surface area contributed by atoms with Crippen LogP contribution in [0.3, 0.4) is 0 Å². The smallest absolute Gasteiger partial charge is 0.129 e. The molecule has 1 aromatic rings. The molecule has 0 radical (unpaired) electrons. The van der Waals surface area contributed by atoms with Crippen molar-refractivity contribution in [2.24, 2.45) is 5.92 Å². The molecule has 2 unspecified atom stereocenters. The average Bonchev–Trinajstić information content (AvgIpc) is 2.32. The van der Waals surface area contributed by atoms with Gasteiger partial charge in [0.15, 0.2) is 0 Å². The number of rotatable bonds is 7. The molecule has 0 saturated carbocycles. The van der Waals surface area contributed by atoms with Gasteiger partial charge in [-0.2, -0.15) is 0 Å². The summed E-state index contributed by atoms with van der Waals surface area (Å²) in [6, 6.07) is 6.80. The monoisotopic (exact) mass is 302 g/mol. The molecule has 2 atom stereocenters. The molecule has 17 heavy (non-hydrogen) atoms. The van der Waals surface area contributed by atoms with Gasteiger partial charge >= 0.3 is 0 Å². The van der Waals surface area contributed by atoms with Gasteiger partial charge in [0, 0.05) is 17.5 Å². The zero-order valence-electron chi connectivity index (χ0n) is 10.5. The van der Waals surface area contributed by atoms with E-state index in [1.54, 1.807) is 12.1 Å². The lowest BCUT2D eigenvalue weighted by Crippen LogP contribution is -2.13. The molecule has 0 bridgehead atoms. The molecule has 0 aliphatic rings. The highest BCUT2D eigenvalue weighted by Crippen LogP contribution is 2.23. The van der Waals surface area contributed by atoms with E-state index in [2.05, 4.69) is 29.8 Å². The number of hydrogen-bond donors (Lipinski definition) is 0. The van der Waals surface area contributed by atoms with E-state index in [1.165, 1.54) is 6.07 Å². The summed E-state index contributed by atoms with van der Waals surface area (Å²) in [6.45, 7) is 5.00. The highest BCUT2D eigenvalue weighted by Gasteiger charge is 2.15. The van der Waals surface area contributed by atoms with Crippen molar-refractivity contribution >= 4 is 15.9 Å². The van der Waals surface area contributed by atoms with Crippen molar-refractivity contribution in [3.63, 3.8) is 0 Å². The Morgan fingerprint density at radius 1 is 1.35 bits per heavy atom. The fraction of sp³-hybridized carbons (Fsp3) is 0.571. The number of alkyl halides is 1. The molecule has 96 valence electrons. The molecule has 1 aromatic carbocycles. The zero-order valence-corrected chi connectivity index (χ0v) is 12.0. The van der Waals surface area contributed by atoms with Crippen molar-refractivity contribution < 1.29 is 9.13 Å². The van der Waals surface area contributed by atoms with Gasteiger partial charge in [-0.25, -0.2) is 4.39 Å². The topological polar surface area (TPSA) is 9.23 Å². The van der Waals surface area contributed by atoms with E-state index in [0.29, 0.717) is 23.4 Å². The van der Waals surface area contributed by atoms with Crippen LogP contribution in [0.15, 0.2) is 24.3 Å². The molecule has 1 nitrogen and oxygen atoms in total. The van der Waals surface area contributed by atoms with Crippen molar-refractivity contribution in [1.82, 2.24) is 0 Å². The Hall–Kier alpha value is -0.410. The van der Waals surface area contributed by atoms with Crippen molar-refractivity contribution in [3.05, 3.63) is 35.6 Å². The maximum Gasteiger partial charge on any atom is 0.129 e. The SMILES string of the molecule is CCCC(C)COC(CBr)c1ccccc1F. The second kappa shape index (κ2) is 7.83. The summed E-state index contributed by atoms with van der Waals surface area (Å²) in [5, 5.41) is 0.618. The molecule has 0 aliphatic heterocycles. The van der Waals surface area contributed by atoms with E-state index >= 15 is 0 Å². The van der Waals surface area contributed by atoms with E-state index in [9.17, 15) is 4.39 Å². The molecule has 0 spiro atoms. The summed E-state index contributed by atoms with van der Waals surface area (Å²) >= 11 is 3.38. The Labute approximate surface area is 111 Å². The fourth-order valence-electron chi connectivity index (χ4n) is 1.81. The Morgan fingerprint density at radius 2 is 2.06 bits per heavy atom. The Bertz CT molecular complexity index is 330. The lowest BCUT2D eigenvalue weighted by molar-refractivity contribution is 0.0428. The van der Waals surface area contributed by atoms with Gasteiger partial charge in [-0.15, -0.1) is 0 Å². The summed E-state index contributed by atoms with van der Waals surface area (Å²) in [4.78, 5) is 0. The van der Waals surface area contributed by atoms with Crippen LogP contribution in [0, 0.1) is 11.7 Å². The van der Waals surface area contributed by atoms with Crippen LogP contribution in [0.4, 0.5) is 4.39 Å². The van der Waals surface area contributed by atoms with E-state index < -0.39 is 0 Å². The van der Waals surface area contributed by atoms with E-state index in [-0.39, 0.29) is 11.9 Å². The summed E-state index contributed by atoms with van der Waals surface area (Å²) in [6.07, 6.45) is 2.10. The summed E-state index contributed by atoms with van der Waals surface area (Å²) < 4.78 is 19.4. The molecular weight excluding hydrogens is 283 g/mol. The van der Waals surface area contributed by atoms with Crippen molar-refractivity contribution in [2.45, 2.75) is 32.8 Å². The van der Waals surface area contributed by atoms with Gasteiger partial charge in [0.1, 0.15) is 5.82 Å². The van der Waals surface area contributed by atoms with Crippen LogP contribution < -0.4 is 0 Å². The van der Waals surface area contributed by atoms with E-state index in [4.69, 9.17) is 4.74 Å². The number of hydrogen-bond acceptors (Lipinski definition) is 1. The minimum Gasteiger partial charge on any atom is -0.372 e. The molecule has 0 saturated heterocycles. The minimum atomic E-state index is -0.199. The van der Waals surface area contributed by atoms with Crippen molar-refractivity contribution in [3.8, 4) is 0 Å². The van der Waals surface area contributed by atoms with Gasteiger partial charge in [0.2, 0.25) is 0 Å². The van der Waals surface area contributed by atoms with Gasteiger partial charge in [0.25, 0.3) is 0 Å². The van der Waals surface area contributed by atoms with Crippen LogP contribution >= 0.6 is 15.9 Å². The van der Waals surface area contributed by atoms with Crippen LogP contribution in [-0.4, -0.2) is 11.9 Å². The average molecular weight is 303 g/mol. The van der Waals surface area contributed by atoms with Crippen molar-refractivity contribution in [2.75, 3.05) is 11.9 Å². The summed E-state index contributed by atoms with van der Waals surface area (Å²) in [5.74, 6) is 0.327. The lowest BCUT2D eigenvalue weighted by Gasteiger charge is -2.19. The Morgan fingerprint density at radius 3 is 2.65 bits per heavy atom. The molecular formula is C14H20BrFO. The molecule has 0 aromatic heterocycles. The number of benzene rings is 1. The minimum absolute atomic E-state index is 0.194. The van der Waals surface area contributed by atoms with E-state index in [0.717, 1.165) is 12.8 Å². The van der Waals surface area contributed by atoms with Crippen LogP contribution in [0.25, 0.3) is 0 Å². The van der Waals surface area contributed by atoms with Crippen LogP contribution in [-0.2, 0) is 4.74 Å². The summed E-state index contributed by atoms with van der Waals surface area (Å²) in [5.41, 5.74) is 0.632. The molecule has 1 rings (SSSR count). The highest BCUT2D eigenvalue weighted by atomic mass is 79.9. The van der Waals surface area contributed by atoms with Gasteiger partial charge in [0.05, 0.1) is 6.10 Å². The Balaban J connectivity index is 2.57. The van der Waals surface area contributed by atoms with Gasteiger partial charge in [-0.3, -0.25) is 0 Å². The quantitative estimate of drug-likeness (QED) is 0.663. The third-order valence-corrected chi connectivity index (χ3v) is 3.34. The third-order valence-electron chi connectivity index (χ3n) is 2.76. The number of halogens is 2. The van der Waals surface area contributed by atoms with Gasteiger partial charge < -0.3 is 4.74 Å². The molecule has 0 amide bonds. The maximum atomic E-state index is 13.6. The first-order valence-electron chi connectivity index (χ1n) is 6.11. The van der Waals surface area contributed by atoms with Crippen LogP contribution in [0.1, 0.15) is 38.4 Å². The molecule has 0 fully saturated rings. The third kappa shape index (κ3) is 4.76. The largest absolute Gasteiger partial charge is 0.372 e. The highest BCUT2D eigenvalue weighted by molar-refractivity contribution is 9.09. The van der Waals surface area contributed by atoms with Crippen LogP contribution in [0.5, 0.6) is 0 Å². The predicted molar refractivity (Wildman–Crippen MR) is 73.0 cm³/mol. The maximum absolute atomic E-state index is 13.6. The molecule has 0 aliphatic carbocycles. The lowest BCUT2D eigenvalue weighted by atomic mass is 10.1. The summed E-state index contributed by atoms with van der Waals surface area (Å²) in [7, 11) is 0. The first kappa shape index (κ1) is 14.7. The predicted octanol–water partition coefficient (Wildman–Crippen LogP) is 4.71. The number of ether oxygens (including phenoxy) is 1. The van der Waals surface area contributed by atoms with Gasteiger partial charge in [-0.1, -0.05) is 54.4 Å². The normalized spacial score (nSPS) is 14.6. The van der Waals surface area contributed by atoms with E-state index in [1.807, 2.05) is 6.07 Å². The molecule has 3 heteroatoms. The second-order valence-electron chi connectivity index (χ2n) is 4.39. The van der Waals surface area contributed by atoms with Crippen molar-refractivity contribution in [1.29, 1.82) is 0 Å². The first-order valence-corrected chi connectivity index (χ1v) is 7.23. The molecule has 0 heterocycles. The standard InChI is InChI=1S/C14H20BrFO/c1-3-6-11(2)10-17-14(9-15)12-7-4-5-8-13(12)16/h4-5,7-8,11,14H,3,6,9-10H2,1-2H3. The zero-order chi connectivity index (χ0) is 12.7. The van der Waals surface area contributed by atoms with Crippen LogP contribution in [0.2, 0.25) is 0 Å². The van der Waals surface area contributed by atoms with Gasteiger partial charge in [-0.05, 0) is 18.4 Å². The Kier molecular flexibility index (Phi) is 6.75. The fourth-order valence-corrected chi connectivity index (χ4v) is 2.35.